The Morgan fingerprint density at radius 1 is 1.45 bits per heavy atom. The fourth-order valence-electron chi connectivity index (χ4n) is 1.51. The van der Waals surface area contributed by atoms with E-state index in [2.05, 4.69) is 29.4 Å². The molecule has 5 heteroatoms. The van der Waals surface area contributed by atoms with Crippen LogP contribution in [0.5, 0.6) is 5.75 Å². The number of ether oxygens (including phenoxy) is 1. The summed E-state index contributed by atoms with van der Waals surface area (Å²) in [4.78, 5) is 4.28. The van der Waals surface area contributed by atoms with Gasteiger partial charge in [-0.3, -0.25) is 5.43 Å². The lowest BCUT2D eigenvalue weighted by Gasteiger charge is -2.08. The summed E-state index contributed by atoms with van der Waals surface area (Å²) in [5.74, 6) is 1.38. The van der Waals surface area contributed by atoms with E-state index in [9.17, 15) is 0 Å². The molecule has 0 amide bonds. The van der Waals surface area contributed by atoms with Crippen LogP contribution in [-0.2, 0) is 0 Å². The fraction of sp³-hybridized carbons (Fsp3) is 0.333. The van der Waals surface area contributed by atoms with Crippen molar-refractivity contribution in [3.8, 4) is 5.75 Å². The summed E-state index contributed by atoms with van der Waals surface area (Å²) in [7, 11) is 0. The molecule has 4 nitrogen and oxygen atoms in total. The number of nitrogens with zero attached hydrogens (tertiary/aromatic N) is 2. The molecule has 106 valence electrons. The van der Waals surface area contributed by atoms with Gasteiger partial charge in [-0.05, 0) is 30.5 Å². The Hall–Kier alpha value is -1.88. The van der Waals surface area contributed by atoms with Crippen molar-refractivity contribution in [2.24, 2.45) is 11.0 Å². The summed E-state index contributed by atoms with van der Waals surface area (Å²) >= 11 is 1.54. The monoisotopic (exact) mass is 289 g/mol. The summed E-state index contributed by atoms with van der Waals surface area (Å²) in [5, 5.41) is 6.96. The zero-order chi connectivity index (χ0) is 14.4. The van der Waals surface area contributed by atoms with Crippen molar-refractivity contribution in [3.05, 3.63) is 40.9 Å². The van der Waals surface area contributed by atoms with E-state index in [-0.39, 0.29) is 0 Å². The quantitative estimate of drug-likeness (QED) is 0.647. The van der Waals surface area contributed by atoms with Crippen LogP contribution in [0.25, 0.3) is 0 Å². The predicted molar refractivity (Wildman–Crippen MR) is 84.8 cm³/mol. The molecule has 0 aliphatic heterocycles. The van der Waals surface area contributed by atoms with E-state index < -0.39 is 0 Å². The highest BCUT2D eigenvalue weighted by molar-refractivity contribution is 7.13. The van der Waals surface area contributed by atoms with Crippen LogP contribution in [0.1, 0.15) is 25.1 Å². The van der Waals surface area contributed by atoms with Crippen LogP contribution in [-0.4, -0.2) is 17.8 Å². The Morgan fingerprint density at radius 3 is 3.00 bits per heavy atom. The van der Waals surface area contributed by atoms with Crippen molar-refractivity contribution in [1.82, 2.24) is 4.98 Å². The number of hydrogen-bond donors (Lipinski definition) is 1. The number of nitrogens with one attached hydrogen (secondary N) is 1. The normalized spacial score (nSPS) is 11.2. The molecule has 0 saturated heterocycles. The van der Waals surface area contributed by atoms with E-state index in [1.807, 2.05) is 36.6 Å². The van der Waals surface area contributed by atoms with Gasteiger partial charge in [0, 0.05) is 5.38 Å². The number of anilines is 1. The molecule has 0 aliphatic rings. The largest absolute Gasteiger partial charge is 0.493 e. The third kappa shape index (κ3) is 4.66. The van der Waals surface area contributed by atoms with Crippen molar-refractivity contribution < 1.29 is 4.74 Å². The maximum Gasteiger partial charge on any atom is 0.203 e. The van der Waals surface area contributed by atoms with Gasteiger partial charge in [0.1, 0.15) is 5.75 Å². The molecule has 1 N–H and O–H groups in total. The van der Waals surface area contributed by atoms with E-state index in [1.165, 1.54) is 11.3 Å². The summed E-state index contributed by atoms with van der Waals surface area (Å²) < 4.78 is 5.68. The van der Waals surface area contributed by atoms with Gasteiger partial charge in [0.25, 0.3) is 0 Å². The first kappa shape index (κ1) is 14.5. The Morgan fingerprint density at radius 2 is 2.30 bits per heavy atom. The molecule has 1 aromatic carbocycles. The highest BCUT2D eigenvalue weighted by Gasteiger charge is 1.98. The van der Waals surface area contributed by atoms with Crippen molar-refractivity contribution in [1.29, 1.82) is 0 Å². The smallest absolute Gasteiger partial charge is 0.203 e. The van der Waals surface area contributed by atoms with E-state index in [1.54, 1.807) is 6.21 Å². The summed E-state index contributed by atoms with van der Waals surface area (Å²) in [6.07, 6.45) is 1.76. The minimum absolute atomic E-state index is 0.516. The van der Waals surface area contributed by atoms with E-state index in [0.717, 1.165) is 28.7 Å². The summed E-state index contributed by atoms with van der Waals surface area (Å²) in [6.45, 7) is 6.94. The molecule has 1 heterocycles. The molecule has 0 saturated carbocycles. The predicted octanol–water partition coefficient (Wildman–Crippen LogP) is 3.93. The number of rotatable bonds is 6. The van der Waals surface area contributed by atoms with Gasteiger partial charge in [-0.2, -0.15) is 5.10 Å². The van der Waals surface area contributed by atoms with Crippen LogP contribution >= 0.6 is 11.3 Å². The van der Waals surface area contributed by atoms with Crippen LogP contribution in [0, 0.1) is 12.8 Å². The first-order valence-electron chi connectivity index (χ1n) is 6.57. The molecule has 0 bridgehead atoms. The third-order valence-electron chi connectivity index (χ3n) is 2.43. The molecule has 1 aromatic heterocycles. The molecule has 0 atom stereocenters. The second kappa shape index (κ2) is 7.05. The first-order valence-corrected chi connectivity index (χ1v) is 7.45. The highest BCUT2D eigenvalue weighted by Crippen LogP contribution is 2.15. The van der Waals surface area contributed by atoms with Gasteiger partial charge in [0.2, 0.25) is 5.13 Å². The highest BCUT2D eigenvalue weighted by atomic mass is 32.1. The van der Waals surface area contributed by atoms with Crippen LogP contribution in [0.2, 0.25) is 0 Å². The van der Waals surface area contributed by atoms with Crippen LogP contribution < -0.4 is 10.2 Å². The number of benzene rings is 1. The maximum absolute atomic E-state index is 5.68. The Kier molecular flexibility index (Phi) is 5.12. The second-order valence-electron chi connectivity index (χ2n) is 4.94. The Balaban J connectivity index is 1.93. The van der Waals surface area contributed by atoms with Gasteiger partial charge in [-0.15, -0.1) is 11.3 Å². The van der Waals surface area contributed by atoms with Crippen LogP contribution in [0.15, 0.2) is 34.7 Å². The zero-order valence-corrected chi connectivity index (χ0v) is 12.8. The van der Waals surface area contributed by atoms with E-state index in [0.29, 0.717) is 5.92 Å². The molecule has 0 spiro atoms. The van der Waals surface area contributed by atoms with Gasteiger partial charge >= 0.3 is 0 Å². The average Bonchev–Trinajstić information content (AvgIpc) is 2.83. The number of aromatic nitrogens is 1. The minimum atomic E-state index is 0.516. The van der Waals surface area contributed by atoms with Gasteiger partial charge in [-0.25, -0.2) is 4.98 Å². The number of thiazole rings is 1. The SMILES string of the molecule is Cc1csc(N/N=C\c2cccc(OCC(C)C)c2)n1. The van der Waals surface area contributed by atoms with Crippen molar-refractivity contribution in [3.63, 3.8) is 0 Å². The number of hydrogen-bond acceptors (Lipinski definition) is 5. The summed E-state index contributed by atoms with van der Waals surface area (Å²) in [5.41, 5.74) is 4.91. The molecule has 0 radical (unpaired) electrons. The fourth-order valence-corrected chi connectivity index (χ4v) is 2.15. The standard InChI is InChI=1S/C15H19N3OS/c1-11(2)9-19-14-6-4-5-13(7-14)8-16-18-15-17-12(3)10-20-15/h4-8,10-11H,9H2,1-3H3,(H,17,18)/b16-8-. The lowest BCUT2D eigenvalue weighted by molar-refractivity contribution is 0.271. The van der Waals surface area contributed by atoms with Crippen LogP contribution in [0.3, 0.4) is 0 Å². The lowest BCUT2D eigenvalue weighted by Crippen LogP contribution is -2.04. The molecular weight excluding hydrogens is 270 g/mol. The van der Waals surface area contributed by atoms with Gasteiger partial charge in [0.15, 0.2) is 0 Å². The number of hydrazone groups is 1. The van der Waals surface area contributed by atoms with E-state index >= 15 is 0 Å². The molecule has 0 unspecified atom stereocenters. The number of aryl methyl sites for hydroxylation is 1. The third-order valence-corrected chi connectivity index (χ3v) is 3.30. The molecule has 2 rings (SSSR count). The van der Waals surface area contributed by atoms with Crippen molar-refractivity contribution in [2.75, 3.05) is 12.0 Å². The average molecular weight is 289 g/mol. The Labute approximate surface area is 123 Å². The first-order chi connectivity index (χ1) is 9.63. The zero-order valence-electron chi connectivity index (χ0n) is 12.0. The lowest BCUT2D eigenvalue weighted by atomic mass is 10.2. The maximum atomic E-state index is 5.68. The van der Waals surface area contributed by atoms with Crippen molar-refractivity contribution >= 4 is 22.7 Å². The van der Waals surface area contributed by atoms with E-state index in [4.69, 9.17) is 4.74 Å². The van der Waals surface area contributed by atoms with Gasteiger partial charge < -0.3 is 4.74 Å². The van der Waals surface area contributed by atoms with Gasteiger partial charge in [0.05, 0.1) is 18.5 Å². The second-order valence-corrected chi connectivity index (χ2v) is 5.80. The topological polar surface area (TPSA) is 46.5 Å². The minimum Gasteiger partial charge on any atom is -0.493 e. The molecule has 0 aliphatic carbocycles. The molecule has 0 fully saturated rings. The van der Waals surface area contributed by atoms with Crippen LogP contribution in [0.4, 0.5) is 5.13 Å². The Bertz CT molecular complexity index is 578. The van der Waals surface area contributed by atoms with Gasteiger partial charge in [-0.1, -0.05) is 26.0 Å². The summed E-state index contributed by atoms with van der Waals surface area (Å²) in [6, 6.07) is 7.88. The van der Waals surface area contributed by atoms with Crippen molar-refractivity contribution in [2.45, 2.75) is 20.8 Å². The molecular formula is C15H19N3OS. The molecule has 20 heavy (non-hydrogen) atoms. The molecule has 2 aromatic rings.